The van der Waals surface area contributed by atoms with Crippen molar-refractivity contribution in [1.82, 2.24) is 14.7 Å². The highest BCUT2D eigenvalue weighted by Crippen LogP contribution is 2.19. The molecule has 94 valence electrons. The second-order valence-electron chi connectivity index (χ2n) is 4.61. The van der Waals surface area contributed by atoms with Gasteiger partial charge in [0.25, 0.3) is 0 Å². The monoisotopic (exact) mass is 237 g/mol. The number of carbonyl (C=O) groups excluding carboxylic acids is 1. The smallest absolute Gasteiger partial charge is 0.247 e. The summed E-state index contributed by atoms with van der Waals surface area (Å²) in [7, 11) is 0. The average molecular weight is 237 g/mol. The van der Waals surface area contributed by atoms with Crippen LogP contribution >= 0.6 is 0 Å². The minimum atomic E-state index is -0.240. The minimum absolute atomic E-state index is 0.116. The Kier molecular flexibility index (Phi) is 3.78. The number of rotatable bonds is 3. The zero-order valence-electron chi connectivity index (χ0n) is 10.1. The summed E-state index contributed by atoms with van der Waals surface area (Å²) in [4.78, 5) is 14.1. The molecule has 1 fully saturated rings. The molecule has 1 atom stereocenters. The van der Waals surface area contributed by atoms with Crippen molar-refractivity contribution in [2.24, 2.45) is 5.92 Å². The summed E-state index contributed by atoms with van der Waals surface area (Å²) in [6, 6.07) is 1.58. The fourth-order valence-corrected chi connectivity index (χ4v) is 2.22. The van der Waals surface area contributed by atoms with E-state index in [1.807, 2.05) is 24.1 Å². The van der Waals surface area contributed by atoms with E-state index in [1.165, 1.54) is 0 Å². The van der Waals surface area contributed by atoms with Gasteiger partial charge in [-0.1, -0.05) is 0 Å². The number of aliphatic hydroxyl groups excluding tert-OH is 1. The summed E-state index contributed by atoms with van der Waals surface area (Å²) in [6.07, 6.45) is 5.28. The van der Waals surface area contributed by atoms with E-state index in [1.54, 1.807) is 10.9 Å². The normalized spacial score (nSPS) is 19.3. The fraction of sp³-hybridized carbons (Fsp3) is 0.667. The predicted molar refractivity (Wildman–Crippen MR) is 63.3 cm³/mol. The Hall–Kier alpha value is -1.36. The van der Waals surface area contributed by atoms with Gasteiger partial charge >= 0.3 is 0 Å². The summed E-state index contributed by atoms with van der Waals surface area (Å²) in [5.74, 6) is 0.476. The van der Waals surface area contributed by atoms with Gasteiger partial charge in [0.05, 0.1) is 0 Å². The van der Waals surface area contributed by atoms with Crippen molar-refractivity contribution in [1.29, 1.82) is 0 Å². The van der Waals surface area contributed by atoms with Crippen LogP contribution in [0.5, 0.6) is 0 Å². The zero-order chi connectivity index (χ0) is 12.3. The maximum Gasteiger partial charge on any atom is 0.247 e. The molecule has 0 bridgehead atoms. The second-order valence-corrected chi connectivity index (χ2v) is 4.61. The van der Waals surface area contributed by atoms with Crippen LogP contribution in [0.15, 0.2) is 18.5 Å². The highest BCUT2D eigenvalue weighted by Gasteiger charge is 2.26. The number of piperidine rings is 1. The van der Waals surface area contributed by atoms with Crippen molar-refractivity contribution in [2.45, 2.75) is 25.8 Å². The number of hydrogen-bond donors (Lipinski definition) is 1. The molecule has 0 aliphatic carbocycles. The Morgan fingerprint density at radius 3 is 2.76 bits per heavy atom. The van der Waals surface area contributed by atoms with Crippen LogP contribution in [0.3, 0.4) is 0 Å². The molecule has 0 radical (unpaired) electrons. The van der Waals surface area contributed by atoms with Crippen LogP contribution in [0.4, 0.5) is 0 Å². The molecule has 5 nitrogen and oxygen atoms in total. The highest BCUT2D eigenvalue weighted by molar-refractivity contribution is 5.80. The molecule has 1 aromatic rings. The van der Waals surface area contributed by atoms with E-state index in [0.717, 1.165) is 25.9 Å². The first-order valence-corrected chi connectivity index (χ1v) is 6.11. The van der Waals surface area contributed by atoms with Gasteiger partial charge in [-0.15, -0.1) is 0 Å². The molecular formula is C12H19N3O2. The quantitative estimate of drug-likeness (QED) is 0.840. The first kappa shape index (κ1) is 12.1. The standard InChI is InChI=1S/C12H19N3O2/c1-10(15-6-2-5-13-15)12(17)14-7-3-11(9-16)4-8-14/h2,5-6,10-11,16H,3-4,7-9H2,1H3/t10-/m0/s1. The maximum atomic E-state index is 12.2. The van der Waals surface area contributed by atoms with Crippen molar-refractivity contribution in [2.75, 3.05) is 19.7 Å². The van der Waals surface area contributed by atoms with Crippen molar-refractivity contribution in [3.05, 3.63) is 18.5 Å². The molecule has 17 heavy (non-hydrogen) atoms. The van der Waals surface area contributed by atoms with Crippen molar-refractivity contribution >= 4 is 5.91 Å². The van der Waals surface area contributed by atoms with Gasteiger partial charge in [0.2, 0.25) is 5.91 Å². The number of aromatic nitrogens is 2. The minimum Gasteiger partial charge on any atom is -0.396 e. The predicted octanol–water partition coefficient (Wildman–Crippen LogP) is 0.675. The van der Waals surface area contributed by atoms with E-state index in [9.17, 15) is 4.79 Å². The third kappa shape index (κ3) is 2.66. The zero-order valence-corrected chi connectivity index (χ0v) is 10.1. The topological polar surface area (TPSA) is 58.4 Å². The van der Waals surface area contributed by atoms with Crippen LogP contribution in [-0.2, 0) is 4.79 Å². The summed E-state index contributed by atoms with van der Waals surface area (Å²) < 4.78 is 1.68. The maximum absolute atomic E-state index is 12.2. The summed E-state index contributed by atoms with van der Waals surface area (Å²) in [5, 5.41) is 13.2. The van der Waals surface area contributed by atoms with Crippen LogP contribution in [0.2, 0.25) is 0 Å². The lowest BCUT2D eigenvalue weighted by molar-refractivity contribution is -0.136. The van der Waals surface area contributed by atoms with Crippen LogP contribution in [-0.4, -0.2) is 45.4 Å². The van der Waals surface area contributed by atoms with Gasteiger partial charge in [-0.05, 0) is 31.7 Å². The molecule has 2 rings (SSSR count). The Morgan fingerprint density at radius 1 is 1.53 bits per heavy atom. The molecule has 2 heterocycles. The van der Waals surface area contributed by atoms with Gasteiger partial charge in [0, 0.05) is 32.1 Å². The Labute approximate surface area is 101 Å². The van der Waals surface area contributed by atoms with E-state index < -0.39 is 0 Å². The first-order chi connectivity index (χ1) is 8.22. The Morgan fingerprint density at radius 2 is 2.24 bits per heavy atom. The highest BCUT2D eigenvalue weighted by atomic mass is 16.3. The van der Waals surface area contributed by atoms with Gasteiger partial charge in [0.1, 0.15) is 6.04 Å². The fourth-order valence-electron chi connectivity index (χ4n) is 2.22. The number of likely N-dealkylation sites (tertiary alicyclic amines) is 1. The molecule has 0 saturated carbocycles. The van der Waals surface area contributed by atoms with Gasteiger partial charge in [-0.3, -0.25) is 9.48 Å². The molecule has 5 heteroatoms. The first-order valence-electron chi connectivity index (χ1n) is 6.11. The molecule has 0 aromatic carbocycles. The Balaban J connectivity index is 1.93. The van der Waals surface area contributed by atoms with E-state index >= 15 is 0 Å². The molecule has 1 aliphatic rings. The largest absolute Gasteiger partial charge is 0.396 e. The van der Waals surface area contributed by atoms with Crippen molar-refractivity contribution < 1.29 is 9.90 Å². The Bertz CT molecular complexity index is 356. The number of hydrogen-bond acceptors (Lipinski definition) is 3. The van der Waals surface area contributed by atoms with Crippen LogP contribution in [0.1, 0.15) is 25.8 Å². The van der Waals surface area contributed by atoms with Crippen LogP contribution < -0.4 is 0 Å². The summed E-state index contributed by atoms with van der Waals surface area (Å²) >= 11 is 0. The summed E-state index contributed by atoms with van der Waals surface area (Å²) in [5.41, 5.74) is 0. The number of amides is 1. The SMILES string of the molecule is C[C@@H](C(=O)N1CCC(CO)CC1)n1cccn1. The summed E-state index contributed by atoms with van der Waals surface area (Å²) in [6.45, 7) is 3.59. The molecule has 0 spiro atoms. The van der Waals surface area contributed by atoms with E-state index in [4.69, 9.17) is 5.11 Å². The molecule has 1 saturated heterocycles. The van der Waals surface area contributed by atoms with Gasteiger partial charge in [-0.25, -0.2) is 0 Å². The van der Waals surface area contributed by atoms with Crippen molar-refractivity contribution in [3.63, 3.8) is 0 Å². The van der Waals surface area contributed by atoms with E-state index in [2.05, 4.69) is 5.10 Å². The molecule has 1 amide bonds. The van der Waals surface area contributed by atoms with Crippen LogP contribution in [0.25, 0.3) is 0 Å². The van der Waals surface area contributed by atoms with Crippen molar-refractivity contribution in [3.8, 4) is 0 Å². The molecular weight excluding hydrogens is 218 g/mol. The van der Waals surface area contributed by atoms with E-state index in [-0.39, 0.29) is 18.6 Å². The van der Waals surface area contributed by atoms with Gasteiger partial charge in [0.15, 0.2) is 0 Å². The second kappa shape index (κ2) is 5.31. The van der Waals surface area contributed by atoms with Gasteiger partial charge < -0.3 is 10.0 Å². The lowest BCUT2D eigenvalue weighted by Gasteiger charge is -2.32. The molecule has 0 unspecified atom stereocenters. The van der Waals surface area contributed by atoms with Gasteiger partial charge in [-0.2, -0.15) is 5.10 Å². The number of aliphatic hydroxyl groups is 1. The lowest BCUT2D eigenvalue weighted by atomic mass is 9.97. The molecule has 1 N–H and O–H groups in total. The third-order valence-corrected chi connectivity index (χ3v) is 3.46. The lowest BCUT2D eigenvalue weighted by Crippen LogP contribution is -2.42. The number of nitrogens with zero attached hydrogens (tertiary/aromatic N) is 3. The number of carbonyl (C=O) groups is 1. The molecule has 1 aromatic heterocycles. The van der Waals surface area contributed by atoms with E-state index in [0.29, 0.717) is 5.92 Å². The molecule has 1 aliphatic heterocycles. The van der Waals surface area contributed by atoms with Crippen LogP contribution in [0, 0.1) is 5.92 Å². The third-order valence-electron chi connectivity index (χ3n) is 3.46. The average Bonchev–Trinajstić information content (AvgIpc) is 2.91.